The van der Waals surface area contributed by atoms with Crippen LogP contribution in [0.4, 0.5) is 5.69 Å². The Hall–Kier alpha value is -3.23. The number of para-hydroxylation sites is 3. The van der Waals surface area contributed by atoms with Gasteiger partial charge in [0.1, 0.15) is 5.76 Å². The molecule has 1 saturated heterocycles. The molecular weight excluding hydrogens is 416 g/mol. The molecule has 0 radical (unpaired) electrons. The average Bonchev–Trinajstić information content (AvgIpc) is 3.43. The van der Waals surface area contributed by atoms with Crippen molar-refractivity contribution in [2.24, 2.45) is 4.99 Å². The molecule has 148 valence electrons. The van der Waals surface area contributed by atoms with Crippen LogP contribution in [-0.2, 0) is 4.79 Å². The number of aromatic amines is 1. The number of carbonyl (C=O) groups is 1. The molecule has 3 heterocycles. The first-order chi connectivity index (χ1) is 14.6. The number of aryl methyl sites for hydroxylation is 1. The van der Waals surface area contributed by atoms with Crippen molar-refractivity contribution in [1.82, 2.24) is 15.3 Å². The van der Waals surface area contributed by atoms with Crippen molar-refractivity contribution in [1.29, 1.82) is 0 Å². The number of fused-ring (bicyclic) bond motifs is 1. The van der Waals surface area contributed by atoms with Crippen LogP contribution in [0, 0.1) is 6.92 Å². The minimum atomic E-state index is -0.185. The van der Waals surface area contributed by atoms with Crippen LogP contribution in [-0.4, -0.2) is 21.0 Å². The lowest BCUT2D eigenvalue weighted by Gasteiger charge is -1.99. The second kappa shape index (κ2) is 7.89. The third kappa shape index (κ3) is 3.92. The van der Waals surface area contributed by atoms with Crippen LogP contribution in [0.1, 0.15) is 11.3 Å². The van der Waals surface area contributed by atoms with Gasteiger partial charge in [-0.1, -0.05) is 30.3 Å². The van der Waals surface area contributed by atoms with E-state index in [-0.39, 0.29) is 5.91 Å². The zero-order valence-electron chi connectivity index (χ0n) is 15.9. The number of nitrogens with one attached hydrogen (secondary N) is 2. The van der Waals surface area contributed by atoms with Crippen LogP contribution >= 0.6 is 23.5 Å². The Morgan fingerprint density at radius 3 is 2.80 bits per heavy atom. The van der Waals surface area contributed by atoms with E-state index in [0.717, 1.165) is 27.4 Å². The molecule has 2 aromatic carbocycles. The van der Waals surface area contributed by atoms with Crippen molar-refractivity contribution in [2.75, 3.05) is 0 Å². The molecule has 0 aliphatic carbocycles. The summed E-state index contributed by atoms with van der Waals surface area (Å²) in [7, 11) is 0. The minimum absolute atomic E-state index is 0.185. The van der Waals surface area contributed by atoms with E-state index in [9.17, 15) is 4.79 Å². The van der Waals surface area contributed by atoms with Gasteiger partial charge in [-0.05, 0) is 66.3 Å². The molecule has 4 aromatic rings. The fourth-order valence-corrected chi connectivity index (χ4v) is 4.53. The van der Waals surface area contributed by atoms with Gasteiger partial charge in [0.2, 0.25) is 0 Å². The molecule has 0 atom stereocenters. The number of benzene rings is 2. The van der Waals surface area contributed by atoms with Gasteiger partial charge >= 0.3 is 0 Å². The Bertz CT molecular complexity index is 1290. The van der Waals surface area contributed by atoms with Crippen LogP contribution in [0.15, 0.2) is 85.2 Å². The minimum Gasteiger partial charge on any atom is -0.450 e. The summed E-state index contributed by atoms with van der Waals surface area (Å²) in [6, 6.07) is 19.4. The number of H-pyrrole nitrogens is 1. The maximum Gasteiger partial charge on any atom is 0.264 e. The fraction of sp³-hybridized carbons (Fsp3) is 0.0455. The zero-order valence-corrected chi connectivity index (χ0v) is 17.5. The smallest absolute Gasteiger partial charge is 0.264 e. The lowest BCUT2D eigenvalue weighted by atomic mass is 10.2. The summed E-state index contributed by atoms with van der Waals surface area (Å²) in [5, 5.41) is 4.81. The highest BCUT2D eigenvalue weighted by molar-refractivity contribution is 8.18. The number of amides is 1. The SMILES string of the molecule is Cc1ccccc1N=C1NC(=O)/C(=C/c2ccc(Sc3nc4ccccc4[nH]3)o2)S1. The molecule has 1 aliphatic rings. The molecule has 6 nitrogen and oxygen atoms in total. The number of nitrogens with zero attached hydrogens (tertiary/aromatic N) is 2. The van der Waals surface area contributed by atoms with E-state index in [1.807, 2.05) is 67.6 Å². The number of thioether (sulfide) groups is 1. The van der Waals surface area contributed by atoms with Gasteiger partial charge in [0, 0.05) is 6.08 Å². The number of hydrogen-bond acceptors (Lipinski definition) is 6. The first kappa shape index (κ1) is 18.8. The summed E-state index contributed by atoms with van der Waals surface area (Å²) in [4.78, 5) is 25.2. The molecule has 0 spiro atoms. The van der Waals surface area contributed by atoms with Gasteiger partial charge in [-0.3, -0.25) is 4.79 Å². The molecule has 5 rings (SSSR count). The van der Waals surface area contributed by atoms with Crippen LogP contribution in [0.25, 0.3) is 17.1 Å². The largest absolute Gasteiger partial charge is 0.450 e. The monoisotopic (exact) mass is 432 g/mol. The van der Waals surface area contributed by atoms with E-state index < -0.39 is 0 Å². The van der Waals surface area contributed by atoms with E-state index >= 15 is 0 Å². The highest BCUT2D eigenvalue weighted by atomic mass is 32.2. The first-order valence-corrected chi connectivity index (χ1v) is 10.8. The molecule has 0 bridgehead atoms. The molecule has 8 heteroatoms. The van der Waals surface area contributed by atoms with Crippen LogP contribution in [0.3, 0.4) is 0 Å². The maximum absolute atomic E-state index is 12.3. The number of hydrogen-bond donors (Lipinski definition) is 2. The van der Waals surface area contributed by atoms with Gasteiger partial charge in [0.25, 0.3) is 5.91 Å². The normalized spacial score (nSPS) is 16.6. The third-order valence-electron chi connectivity index (χ3n) is 4.43. The molecule has 1 fully saturated rings. The van der Waals surface area contributed by atoms with E-state index in [0.29, 0.717) is 20.9 Å². The average molecular weight is 433 g/mol. The summed E-state index contributed by atoms with van der Waals surface area (Å²) in [6.45, 7) is 1.99. The highest BCUT2D eigenvalue weighted by Gasteiger charge is 2.24. The Labute approximate surface area is 180 Å². The zero-order chi connectivity index (χ0) is 20.5. The van der Waals surface area contributed by atoms with Crippen LogP contribution in [0.5, 0.6) is 0 Å². The van der Waals surface area contributed by atoms with Crippen molar-refractivity contribution < 1.29 is 9.21 Å². The van der Waals surface area contributed by atoms with Crippen LogP contribution in [0.2, 0.25) is 0 Å². The molecule has 1 aliphatic heterocycles. The van der Waals surface area contributed by atoms with Gasteiger partial charge in [-0.25, -0.2) is 9.98 Å². The van der Waals surface area contributed by atoms with Crippen molar-refractivity contribution in [3.8, 4) is 0 Å². The maximum atomic E-state index is 12.3. The number of aromatic nitrogens is 2. The molecule has 30 heavy (non-hydrogen) atoms. The highest BCUT2D eigenvalue weighted by Crippen LogP contribution is 2.32. The third-order valence-corrected chi connectivity index (χ3v) is 6.15. The van der Waals surface area contributed by atoms with E-state index in [4.69, 9.17) is 4.42 Å². The molecule has 0 saturated carbocycles. The summed E-state index contributed by atoms with van der Waals surface area (Å²) in [6.07, 6.45) is 1.73. The lowest BCUT2D eigenvalue weighted by molar-refractivity contribution is -0.115. The predicted octanol–water partition coefficient (Wildman–Crippen LogP) is 5.51. The second-order valence-electron chi connectivity index (χ2n) is 6.59. The van der Waals surface area contributed by atoms with E-state index in [1.165, 1.54) is 23.5 Å². The molecule has 1 amide bonds. The Morgan fingerprint density at radius 1 is 1.10 bits per heavy atom. The number of aliphatic imine (C=N–C) groups is 1. The molecule has 2 N–H and O–H groups in total. The Morgan fingerprint density at radius 2 is 1.93 bits per heavy atom. The van der Waals surface area contributed by atoms with Gasteiger partial charge in [0.05, 0.1) is 21.6 Å². The summed E-state index contributed by atoms with van der Waals surface area (Å²) in [5.41, 5.74) is 3.78. The lowest BCUT2D eigenvalue weighted by Crippen LogP contribution is -2.19. The second-order valence-corrected chi connectivity index (χ2v) is 8.61. The van der Waals surface area contributed by atoms with Gasteiger partial charge < -0.3 is 14.7 Å². The summed E-state index contributed by atoms with van der Waals surface area (Å²) >= 11 is 2.70. The van der Waals surface area contributed by atoms with E-state index in [1.54, 1.807) is 6.08 Å². The van der Waals surface area contributed by atoms with Gasteiger partial charge in [-0.15, -0.1) is 0 Å². The number of carbonyl (C=O) groups excluding carboxylic acids is 1. The van der Waals surface area contributed by atoms with E-state index in [2.05, 4.69) is 20.3 Å². The molecular formula is C22H16N4O2S2. The Balaban J connectivity index is 1.32. The first-order valence-electron chi connectivity index (χ1n) is 9.22. The summed E-state index contributed by atoms with van der Waals surface area (Å²) in [5.74, 6) is 0.415. The van der Waals surface area contributed by atoms with Gasteiger partial charge in [0.15, 0.2) is 15.4 Å². The van der Waals surface area contributed by atoms with Crippen molar-refractivity contribution in [3.63, 3.8) is 0 Å². The number of imidazole rings is 1. The van der Waals surface area contributed by atoms with Crippen molar-refractivity contribution >= 4 is 57.4 Å². The Kier molecular flexibility index (Phi) is 4.94. The van der Waals surface area contributed by atoms with Crippen LogP contribution < -0.4 is 5.32 Å². The topological polar surface area (TPSA) is 83.3 Å². The quantitative estimate of drug-likeness (QED) is 0.416. The standard InChI is InChI=1S/C22H16N4O2S2/c1-13-6-2-3-7-15(13)23-22-26-20(27)18(29-22)12-14-10-11-19(28-14)30-21-24-16-8-4-5-9-17(16)25-21/h2-12H,1H3,(H,24,25)(H,23,26,27)/b18-12-. The predicted molar refractivity (Wildman–Crippen MR) is 121 cm³/mol. The van der Waals surface area contributed by atoms with Gasteiger partial charge in [-0.2, -0.15) is 0 Å². The van der Waals surface area contributed by atoms with Crippen molar-refractivity contribution in [2.45, 2.75) is 17.2 Å². The fourth-order valence-electron chi connectivity index (χ4n) is 2.95. The molecule has 2 aromatic heterocycles. The summed E-state index contributed by atoms with van der Waals surface area (Å²) < 4.78 is 5.86. The number of amidine groups is 1. The van der Waals surface area contributed by atoms with Crippen molar-refractivity contribution in [3.05, 3.63) is 76.9 Å². The number of furan rings is 1. The number of rotatable bonds is 4. The molecule has 0 unspecified atom stereocenters.